The highest BCUT2D eigenvalue weighted by molar-refractivity contribution is 6.29. The number of hydrogen-bond acceptors (Lipinski definition) is 1. The van der Waals surface area contributed by atoms with Crippen molar-refractivity contribution >= 4 is 43.5 Å². The van der Waals surface area contributed by atoms with Crippen LogP contribution in [0, 0.1) is 118 Å². The second-order valence-corrected chi connectivity index (χ2v) is 17.3. The molecule has 0 amide bonds. The van der Waals surface area contributed by atoms with E-state index in [2.05, 4.69) is 160 Å². The Hall–Kier alpha value is -5.14. The van der Waals surface area contributed by atoms with E-state index in [1.54, 1.807) is 0 Å². The van der Waals surface area contributed by atoms with Gasteiger partial charge in [-0.2, -0.15) is 0 Å². The van der Waals surface area contributed by atoms with Crippen LogP contribution in [0.5, 0.6) is 0 Å². The van der Waals surface area contributed by atoms with Crippen molar-refractivity contribution in [2.24, 2.45) is 0 Å². The fourth-order valence-electron chi connectivity index (χ4n) is 10.6. The fourth-order valence-corrected chi connectivity index (χ4v) is 10.6. The van der Waals surface area contributed by atoms with E-state index in [-0.39, 0.29) is 0 Å². The molecule has 1 heterocycles. The fraction of sp³-hybridized carbons (Fsp3) is 0.309. The van der Waals surface area contributed by atoms with Gasteiger partial charge in [0.1, 0.15) is 11.2 Å². The normalized spacial score (nSPS) is 12.0. The van der Waals surface area contributed by atoms with Crippen LogP contribution in [0.25, 0.3) is 76.9 Å². The quantitative estimate of drug-likeness (QED) is 0.165. The van der Waals surface area contributed by atoms with Crippen LogP contribution in [0.2, 0.25) is 0 Å². The minimum atomic E-state index is 0.932. The first kappa shape index (κ1) is 37.8. The van der Waals surface area contributed by atoms with Crippen LogP contribution < -0.4 is 0 Å². The molecule has 0 N–H and O–H groups in total. The van der Waals surface area contributed by atoms with Gasteiger partial charge in [-0.05, 0) is 279 Å². The van der Waals surface area contributed by atoms with E-state index < -0.39 is 0 Å². The molecule has 56 heavy (non-hydrogen) atoms. The third-order valence-corrected chi connectivity index (χ3v) is 15.2. The lowest BCUT2D eigenvalue weighted by Gasteiger charge is -2.30. The smallest absolute Gasteiger partial charge is 0.136 e. The third-order valence-electron chi connectivity index (χ3n) is 15.2. The van der Waals surface area contributed by atoms with Gasteiger partial charge < -0.3 is 4.42 Å². The summed E-state index contributed by atoms with van der Waals surface area (Å²) in [6.07, 6.45) is 0. The molecule has 0 spiro atoms. The van der Waals surface area contributed by atoms with Gasteiger partial charge in [0.25, 0.3) is 0 Å². The van der Waals surface area contributed by atoms with Crippen molar-refractivity contribution in [2.45, 2.75) is 118 Å². The van der Waals surface area contributed by atoms with Crippen molar-refractivity contribution < 1.29 is 4.42 Å². The molecule has 0 aliphatic carbocycles. The summed E-state index contributed by atoms with van der Waals surface area (Å²) in [5.74, 6) is 0. The van der Waals surface area contributed by atoms with E-state index in [0.29, 0.717) is 0 Å². The first-order valence-corrected chi connectivity index (χ1v) is 20.5. The molecular formula is C55H58O. The molecule has 284 valence electrons. The van der Waals surface area contributed by atoms with Crippen molar-refractivity contribution in [2.75, 3.05) is 0 Å². The van der Waals surface area contributed by atoms with Crippen LogP contribution in [0.15, 0.2) is 46.9 Å². The Kier molecular flexibility index (Phi) is 8.74. The van der Waals surface area contributed by atoms with Crippen LogP contribution in [0.1, 0.15) is 94.6 Å². The average molecular weight is 735 g/mol. The molecule has 8 aromatic rings. The highest BCUT2D eigenvalue weighted by atomic mass is 16.3. The van der Waals surface area contributed by atoms with Crippen LogP contribution >= 0.6 is 0 Å². The number of benzene rings is 7. The molecular weight excluding hydrogens is 677 g/mol. The summed E-state index contributed by atoms with van der Waals surface area (Å²) in [6.45, 7) is 39.9. The maximum atomic E-state index is 6.57. The van der Waals surface area contributed by atoms with Gasteiger partial charge in [0.15, 0.2) is 0 Å². The molecule has 1 heteroatoms. The molecule has 0 saturated carbocycles. The van der Waals surface area contributed by atoms with E-state index in [9.17, 15) is 0 Å². The van der Waals surface area contributed by atoms with Gasteiger partial charge in [-0.1, -0.05) is 30.3 Å². The zero-order chi connectivity index (χ0) is 40.6. The highest BCUT2D eigenvalue weighted by Crippen LogP contribution is 2.54. The number of rotatable bonds is 3. The predicted molar refractivity (Wildman–Crippen MR) is 246 cm³/mol. The predicted octanol–water partition coefficient (Wildman–Crippen LogP) is 16.1. The third kappa shape index (κ3) is 4.85. The SMILES string of the molecule is Cc1c(C)c(C)c(-c2c(C)c(C)c(-c3c4c(C)c(C)c(C)c(C)c4c(-c4cccc5oc6ccccc6c45)c4c(C)c(C)c(C)c(C)c34)c(C)c2C)c(C)c1C. The molecule has 0 radical (unpaired) electrons. The van der Waals surface area contributed by atoms with Gasteiger partial charge >= 0.3 is 0 Å². The van der Waals surface area contributed by atoms with Crippen molar-refractivity contribution in [3.63, 3.8) is 0 Å². The monoisotopic (exact) mass is 734 g/mol. The van der Waals surface area contributed by atoms with Gasteiger partial charge in [0.2, 0.25) is 0 Å². The lowest BCUT2D eigenvalue weighted by atomic mass is 9.73. The molecule has 0 aliphatic heterocycles. The molecule has 0 fully saturated rings. The summed E-state index contributed by atoms with van der Waals surface area (Å²) in [5.41, 5.74) is 33.6. The lowest BCUT2D eigenvalue weighted by Crippen LogP contribution is -2.08. The van der Waals surface area contributed by atoms with Crippen molar-refractivity contribution in [1.29, 1.82) is 0 Å². The first-order valence-electron chi connectivity index (χ1n) is 20.5. The molecule has 0 bridgehead atoms. The van der Waals surface area contributed by atoms with Crippen molar-refractivity contribution in [3.05, 3.63) is 137 Å². The Morgan fingerprint density at radius 2 is 0.571 bits per heavy atom. The minimum absolute atomic E-state index is 0.932. The molecule has 0 saturated heterocycles. The molecule has 1 aromatic heterocycles. The Morgan fingerprint density at radius 1 is 0.250 bits per heavy atom. The highest BCUT2D eigenvalue weighted by Gasteiger charge is 2.30. The van der Waals surface area contributed by atoms with E-state index in [4.69, 9.17) is 4.42 Å². The lowest BCUT2D eigenvalue weighted by molar-refractivity contribution is 0.669. The van der Waals surface area contributed by atoms with Gasteiger partial charge in [0, 0.05) is 10.8 Å². The van der Waals surface area contributed by atoms with Gasteiger partial charge in [-0.3, -0.25) is 0 Å². The standard InChI is InChI=1S/C55H58O/c1-25-26(2)32(8)46(33(9)27(25)3)47-38(14)40(16)48(41(17)39(47)15)55-51-36(12)30(6)28(4)34(10)49(51)54(50-35(11)29(5)31(7)37(13)52(50)55)43-22-20-24-45-53(43)42-21-18-19-23-44(42)56-45/h18-24H,1-17H3. The number of hydrogen-bond donors (Lipinski definition) is 0. The molecule has 8 rings (SSSR count). The van der Waals surface area contributed by atoms with E-state index in [0.717, 1.165) is 11.2 Å². The second kappa shape index (κ2) is 13.0. The maximum absolute atomic E-state index is 6.57. The van der Waals surface area contributed by atoms with Crippen molar-refractivity contribution in [3.8, 4) is 33.4 Å². The maximum Gasteiger partial charge on any atom is 0.136 e. The number of para-hydroxylation sites is 1. The van der Waals surface area contributed by atoms with Crippen LogP contribution in [-0.2, 0) is 0 Å². The van der Waals surface area contributed by atoms with Crippen LogP contribution in [0.3, 0.4) is 0 Å². The van der Waals surface area contributed by atoms with Crippen molar-refractivity contribution in [1.82, 2.24) is 0 Å². The van der Waals surface area contributed by atoms with E-state index in [1.807, 2.05) is 0 Å². The van der Waals surface area contributed by atoms with Gasteiger partial charge in [-0.15, -0.1) is 0 Å². The molecule has 0 atom stereocenters. The van der Waals surface area contributed by atoms with Gasteiger partial charge in [0.05, 0.1) is 0 Å². The summed E-state index contributed by atoms with van der Waals surface area (Å²) in [7, 11) is 0. The molecule has 0 unspecified atom stereocenters. The summed E-state index contributed by atoms with van der Waals surface area (Å²) < 4.78 is 6.57. The van der Waals surface area contributed by atoms with Crippen LogP contribution in [-0.4, -0.2) is 0 Å². The summed E-state index contributed by atoms with van der Waals surface area (Å²) in [6, 6.07) is 15.2. The molecule has 0 aliphatic rings. The zero-order valence-electron chi connectivity index (χ0n) is 36.9. The Morgan fingerprint density at radius 3 is 1.02 bits per heavy atom. The summed E-state index contributed by atoms with van der Waals surface area (Å²) in [5, 5.41) is 7.87. The number of aryl methyl sites for hydroxylation is 4. The molecule has 1 nitrogen and oxygen atoms in total. The summed E-state index contributed by atoms with van der Waals surface area (Å²) in [4.78, 5) is 0. The Balaban J connectivity index is 1.67. The number of furan rings is 1. The first-order chi connectivity index (χ1) is 26.4. The van der Waals surface area contributed by atoms with Gasteiger partial charge in [-0.25, -0.2) is 0 Å². The van der Waals surface area contributed by atoms with E-state index >= 15 is 0 Å². The average Bonchev–Trinajstić information content (AvgIpc) is 3.58. The topological polar surface area (TPSA) is 13.1 Å². The largest absolute Gasteiger partial charge is 0.456 e. The number of fused-ring (bicyclic) bond motifs is 5. The zero-order valence-corrected chi connectivity index (χ0v) is 36.9. The Labute approximate surface area is 334 Å². The van der Waals surface area contributed by atoms with Crippen LogP contribution in [0.4, 0.5) is 0 Å². The second-order valence-electron chi connectivity index (χ2n) is 17.3. The summed E-state index contributed by atoms with van der Waals surface area (Å²) >= 11 is 0. The molecule has 7 aromatic carbocycles. The van der Waals surface area contributed by atoms with E-state index in [1.165, 1.54) is 160 Å². The Bertz CT molecular complexity index is 2920. The minimum Gasteiger partial charge on any atom is -0.456 e.